The van der Waals surface area contributed by atoms with Crippen molar-refractivity contribution in [3.05, 3.63) is 77.9 Å². The van der Waals surface area contributed by atoms with Gasteiger partial charge in [-0.25, -0.2) is 0 Å². The minimum absolute atomic E-state index is 0. The molecule has 1 atom stereocenters. The number of nitrogens with zero attached hydrogens (tertiary/aromatic N) is 1. The van der Waals surface area contributed by atoms with E-state index in [9.17, 15) is 0 Å². The Morgan fingerprint density at radius 2 is 1.46 bits per heavy atom. The van der Waals surface area contributed by atoms with Gasteiger partial charge >= 0.3 is 0 Å². The van der Waals surface area contributed by atoms with Crippen molar-refractivity contribution >= 4 is 36.4 Å². The van der Waals surface area contributed by atoms with Crippen molar-refractivity contribution < 1.29 is 0 Å². The van der Waals surface area contributed by atoms with Gasteiger partial charge in [0.15, 0.2) is 0 Å². The summed E-state index contributed by atoms with van der Waals surface area (Å²) in [6.07, 6.45) is 0. The standard InChI is InChI=1S/C23H29NSi.ClH/c1-18(22-12-8-10-20-9-6-7-11-23(20)22)24(2)17-19-13-15-21(16-14-19)25(3,4)5;/h6-16,18H,17H2,1-5H3;1H/t18-;/m1./s1. The quantitative estimate of drug-likeness (QED) is 0.488. The monoisotopic (exact) mass is 383 g/mol. The van der Waals surface area contributed by atoms with Gasteiger partial charge in [0.05, 0.1) is 8.07 Å². The Morgan fingerprint density at radius 3 is 2.12 bits per heavy atom. The van der Waals surface area contributed by atoms with E-state index in [2.05, 4.69) is 105 Å². The predicted molar refractivity (Wildman–Crippen MR) is 121 cm³/mol. The van der Waals surface area contributed by atoms with E-state index < -0.39 is 8.07 Å². The second-order valence-electron chi connectivity index (χ2n) is 8.11. The third kappa shape index (κ3) is 4.56. The number of rotatable bonds is 5. The van der Waals surface area contributed by atoms with Crippen LogP contribution in [0.15, 0.2) is 66.7 Å². The van der Waals surface area contributed by atoms with Gasteiger partial charge in [0.25, 0.3) is 0 Å². The van der Waals surface area contributed by atoms with E-state index in [1.54, 1.807) is 0 Å². The fourth-order valence-corrected chi connectivity index (χ4v) is 4.55. The molecule has 1 nitrogen and oxygen atoms in total. The Hall–Kier alpha value is -1.61. The van der Waals surface area contributed by atoms with Crippen LogP contribution in [0.5, 0.6) is 0 Å². The first kappa shape index (κ1) is 20.7. The van der Waals surface area contributed by atoms with Gasteiger partial charge in [-0.2, -0.15) is 0 Å². The molecule has 0 aliphatic rings. The van der Waals surface area contributed by atoms with Crippen LogP contribution >= 0.6 is 12.4 Å². The smallest absolute Gasteiger partial charge is 0.0775 e. The van der Waals surface area contributed by atoms with Gasteiger partial charge < -0.3 is 0 Å². The van der Waals surface area contributed by atoms with Crippen molar-refractivity contribution in [1.29, 1.82) is 0 Å². The molecular formula is C23H30ClNSi. The minimum Gasteiger partial charge on any atom is -0.295 e. The van der Waals surface area contributed by atoms with Crippen LogP contribution in [0.1, 0.15) is 24.1 Å². The molecule has 3 aromatic carbocycles. The molecule has 0 heterocycles. The third-order valence-electron chi connectivity index (χ3n) is 5.19. The molecule has 0 amide bonds. The van der Waals surface area contributed by atoms with Crippen molar-refractivity contribution in [3.8, 4) is 0 Å². The molecule has 0 N–H and O–H groups in total. The molecule has 0 aliphatic heterocycles. The molecule has 0 spiro atoms. The van der Waals surface area contributed by atoms with Crippen LogP contribution in [0.2, 0.25) is 19.6 Å². The Kier molecular flexibility index (Phi) is 6.67. The van der Waals surface area contributed by atoms with E-state index in [1.807, 2.05) is 0 Å². The lowest BCUT2D eigenvalue weighted by molar-refractivity contribution is 0.254. The van der Waals surface area contributed by atoms with Gasteiger partial charge in [-0.15, -0.1) is 12.4 Å². The Bertz CT molecular complexity index is 847. The van der Waals surface area contributed by atoms with Crippen LogP contribution in [0.4, 0.5) is 0 Å². The number of hydrogen-bond donors (Lipinski definition) is 0. The summed E-state index contributed by atoms with van der Waals surface area (Å²) in [5.41, 5.74) is 2.79. The molecule has 138 valence electrons. The van der Waals surface area contributed by atoms with Gasteiger partial charge in [0, 0.05) is 12.6 Å². The van der Waals surface area contributed by atoms with Crippen LogP contribution in [0.3, 0.4) is 0 Å². The average Bonchev–Trinajstić information content (AvgIpc) is 2.60. The number of fused-ring (bicyclic) bond motifs is 1. The first-order valence-electron chi connectivity index (χ1n) is 9.13. The number of hydrogen-bond acceptors (Lipinski definition) is 1. The molecule has 0 aliphatic carbocycles. The molecule has 3 rings (SSSR count). The molecule has 0 radical (unpaired) electrons. The molecule has 0 aromatic heterocycles. The zero-order valence-electron chi connectivity index (χ0n) is 16.5. The van der Waals surface area contributed by atoms with Crippen LogP contribution < -0.4 is 5.19 Å². The van der Waals surface area contributed by atoms with E-state index >= 15 is 0 Å². The Balaban J connectivity index is 0.00000243. The van der Waals surface area contributed by atoms with E-state index in [0.717, 1.165) is 6.54 Å². The van der Waals surface area contributed by atoms with Crippen molar-refractivity contribution in [2.24, 2.45) is 0 Å². The molecular weight excluding hydrogens is 354 g/mol. The maximum atomic E-state index is 2.44. The van der Waals surface area contributed by atoms with Gasteiger partial charge in [-0.1, -0.05) is 91.6 Å². The normalized spacial score (nSPS) is 12.8. The minimum atomic E-state index is -1.21. The molecule has 0 fully saturated rings. The lowest BCUT2D eigenvalue weighted by Crippen LogP contribution is -2.37. The highest BCUT2D eigenvalue weighted by Crippen LogP contribution is 2.28. The highest BCUT2D eigenvalue weighted by Gasteiger charge is 2.17. The lowest BCUT2D eigenvalue weighted by atomic mass is 9.98. The topological polar surface area (TPSA) is 3.24 Å². The largest absolute Gasteiger partial charge is 0.295 e. The molecule has 0 saturated carbocycles. The summed E-state index contributed by atoms with van der Waals surface area (Å²) in [4.78, 5) is 2.44. The summed E-state index contributed by atoms with van der Waals surface area (Å²) >= 11 is 0. The van der Waals surface area contributed by atoms with Crippen LogP contribution in [-0.2, 0) is 6.54 Å². The fourth-order valence-electron chi connectivity index (χ4n) is 3.39. The van der Waals surface area contributed by atoms with Gasteiger partial charge in [0.1, 0.15) is 0 Å². The predicted octanol–water partition coefficient (Wildman–Crippen LogP) is 6.00. The van der Waals surface area contributed by atoms with Gasteiger partial charge in [0.2, 0.25) is 0 Å². The average molecular weight is 384 g/mol. The molecule has 3 heteroatoms. The van der Waals surface area contributed by atoms with E-state index in [1.165, 1.54) is 27.1 Å². The van der Waals surface area contributed by atoms with Crippen LogP contribution in [0.25, 0.3) is 10.8 Å². The zero-order chi connectivity index (χ0) is 18.0. The molecule has 3 aromatic rings. The van der Waals surface area contributed by atoms with Crippen LogP contribution in [-0.4, -0.2) is 20.0 Å². The second kappa shape index (κ2) is 8.39. The highest BCUT2D eigenvalue weighted by molar-refractivity contribution is 6.88. The van der Waals surface area contributed by atoms with E-state index in [0.29, 0.717) is 6.04 Å². The lowest BCUT2D eigenvalue weighted by Gasteiger charge is -2.26. The Morgan fingerprint density at radius 1 is 0.846 bits per heavy atom. The first-order valence-corrected chi connectivity index (χ1v) is 12.6. The Labute approximate surface area is 165 Å². The number of benzene rings is 3. The highest BCUT2D eigenvalue weighted by atomic mass is 35.5. The molecule has 0 saturated heterocycles. The van der Waals surface area contributed by atoms with Crippen molar-refractivity contribution in [1.82, 2.24) is 4.90 Å². The summed E-state index contributed by atoms with van der Waals surface area (Å²) < 4.78 is 0. The first-order chi connectivity index (χ1) is 11.9. The van der Waals surface area contributed by atoms with Crippen LogP contribution in [0, 0.1) is 0 Å². The van der Waals surface area contributed by atoms with Crippen molar-refractivity contribution in [2.45, 2.75) is 39.2 Å². The molecule has 26 heavy (non-hydrogen) atoms. The molecule has 0 unspecified atom stereocenters. The summed E-state index contributed by atoms with van der Waals surface area (Å²) in [5, 5.41) is 4.21. The summed E-state index contributed by atoms with van der Waals surface area (Å²) in [5.74, 6) is 0. The number of halogens is 1. The van der Waals surface area contributed by atoms with Crippen molar-refractivity contribution in [3.63, 3.8) is 0 Å². The fraction of sp³-hybridized carbons (Fsp3) is 0.304. The summed E-state index contributed by atoms with van der Waals surface area (Å²) in [7, 11) is 1.01. The van der Waals surface area contributed by atoms with Gasteiger partial charge in [-0.3, -0.25) is 4.90 Å². The van der Waals surface area contributed by atoms with Gasteiger partial charge in [-0.05, 0) is 35.9 Å². The van der Waals surface area contributed by atoms with Crippen molar-refractivity contribution in [2.75, 3.05) is 7.05 Å². The zero-order valence-corrected chi connectivity index (χ0v) is 18.3. The second-order valence-corrected chi connectivity index (χ2v) is 13.2. The summed E-state index contributed by atoms with van der Waals surface area (Å²) in [6, 6.07) is 25.0. The van der Waals surface area contributed by atoms with E-state index in [4.69, 9.17) is 0 Å². The third-order valence-corrected chi connectivity index (χ3v) is 7.25. The molecule has 0 bridgehead atoms. The SMILES string of the molecule is C[C@H](c1cccc2ccccc12)N(C)Cc1ccc([Si](C)(C)C)cc1.Cl. The maximum absolute atomic E-state index is 2.44. The van der Waals surface area contributed by atoms with E-state index in [-0.39, 0.29) is 12.4 Å². The summed E-state index contributed by atoms with van der Waals surface area (Å²) in [6.45, 7) is 10.5. The maximum Gasteiger partial charge on any atom is 0.0775 e.